The van der Waals surface area contributed by atoms with Crippen molar-refractivity contribution in [3.8, 4) is 11.4 Å². The van der Waals surface area contributed by atoms with Crippen molar-refractivity contribution >= 4 is 0 Å². The molecule has 0 spiro atoms. The summed E-state index contributed by atoms with van der Waals surface area (Å²) < 4.78 is 0. The van der Waals surface area contributed by atoms with Crippen molar-refractivity contribution in [3.05, 3.63) is 47.8 Å². The van der Waals surface area contributed by atoms with Gasteiger partial charge in [-0.3, -0.25) is 4.90 Å². The number of aryl methyl sites for hydroxylation is 1. The average Bonchev–Trinajstić information content (AvgIpc) is 2.49. The zero-order valence-corrected chi connectivity index (χ0v) is 12.7. The van der Waals surface area contributed by atoms with Crippen molar-refractivity contribution in [2.45, 2.75) is 26.4 Å². The van der Waals surface area contributed by atoms with Crippen LogP contribution in [0.4, 0.5) is 0 Å². The van der Waals surface area contributed by atoms with Gasteiger partial charge in [0.25, 0.3) is 0 Å². The number of hydrogen-bond donors (Lipinski definition) is 1. The number of nitrogens with zero attached hydrogens (tertiary/aromatic N) is 3. The second-order valence-corrected chi connectivity index (χ2v) is 5.82. The highest BCUT2D eigenvalue weighted by Gasteiger charge is 2.15. The fourth-order valence-corrected chi connectivity index (χ4v) is 2.81. The zero-order chi connectivity index (χ0) is 14.7. The van der Waals surface area contributed by atoms with Crippen LogP contribution in [-0.2, 0) is 6.54 Å². The van der Waals surface area contributed by atoms with Crippen LogP contribution >= 0.6 is 0 Å². The van der Waals surface area contributed by atoms with E-state index < -0.39 is 0 Å². The minimum atomic E-state index is 0.561. The van der Waals surface area contributed by atoms with E-state index in [2.05, 4.69) is 46.2 Å². The maximum Gasteiger partial charge on any atom is 0.159 e. The van der Waals surface area contributed by atoms with Crippen LogP contribution in [0.5, 0.6) is 0 Å². The molecule has 1 N–H and O–H groups in total. The molecule has 0 bridgehead atoms. The zero-order valence-electron chi connectivity index (χ0n) is 12.7. The number of hydrogen-bond acceptors (Lipinski definition) is 4. The van der Waals surface area contributed by atoms with E-state index in [1.54, 1.807) is 0 Å². The summed E-state index contributed by atoms with van der Waals surface area (Å²) in [4.78, 5) is 11.5. The lowest BCUT2D eigenvalue weighted by Crippen LogP contribution is -2.48. The highest BCUT2D eigenvalue weighted by molar-refractivity contribution is 5.59. The molecule has 1 saturated heterocycles. The Balaban J connectivity index is 1.71. The Hall–Kier alpha value is -1.78. The number of nitrogens with one attached hydrogen (secondary N) is 1. The Morgan fingerprint density at radius 1 is 1.24 bits per heavy atom. The Morgan fingerprint density at radius 3 is 2.71 bits per heavy atom. The first kappa shape index (κ1) is 14.2. The molecule has 1 aromatic carbocycles. The van der Waals surface area contributed by atoms with Crippen LogP contribution in [0.25, 0.3) is 11.4 Å². The van der Waals surface area contributed by atoms with E-state index in [9.17, 15) is 0 Å². The summed E-state index contributed by atoms with van der Waals surface area (Å²) in [6, 6.07) is 8.79. The van der Waals surface area contributed by atoms with E-state index in [4.69, 9.17) is 0 Å². The van der Waals surface area contributed by atoms with Crippen molar-refractivity contribution in [2.75, 3.05) is 19.6 Å². The van der Waals surface area contributed by atoms with E-state index in [0.717, 1.165) is 37.6 Å². The van der Waals surface area contributed by atoms with Gasteiger partial charge in [0.05, 0.1) is 0 Å². The predicted molar refractivity (Wildman–Crippen MR) is 84.9 cm³/mol. The Morgan fingerprint density at radius 2 is 2.00 bits per heavy atom. The topological polar surface area (TPSA) is 41.1 Å². The van der Waals surface area contributed by atoms with Gasteiger partial charge in [-0.25, -0.2) is 9.97 Å². The van der Waals surface area contributed by atoms with Gasteiger partial charge in [0.1, 0.15) is 0 Å². The summed E-state index contributed by atoms with van der Waals surface area (Å²) in [6.07, 6.45) is 3.92. The third kappa shape index (κ3) is 3.46. The molecule has 1 aromatic heterocycles. The molecule has 2 aromatic rings. The van der Waals surface area contributed by atoms with Gasteiger partial charge in [0.2, 0.25) is 0 Å². The van der Waals surface area contributed by atoms with Crippen LogP contribution < -0.4 is 5.32 Å². The molecule has 1 aliphatic rings. The molecule has 1 fully saturated rings. The molecule has 0 saturated carbocycles. The van der Waals surface area contributed by atoms with E-state index in [1.165, 1.54) is 11.1 Å². The van der Waals surface area contributed by atoms with Gasteiger partial charge < -0.3 is 5.32 Å². The van der Waals surface area contributed by atoms with E-state index in [-0.39, 0.29) is 0 Å². The first-order chi connectivity index (χ1) is 10.2. The molecular weight excluding hydrogens is 260 g/mol. The van der Waals surface area contributed by atoms with Crippen LogP contribution in [0.1, 0.15) is 18.1 Å². The largest absolute Gasteiger partial charge is 0.312 e. The second-order valence-electron chi connectivity index (χ2n) is 5.82. The van der Waals surface area contributed by atoms with Crippen molar-refractivity contribution in [2.24, 2.45) is 0 Å². The third-order valence-electron chi connectivity index (χ3n) is 3.95. The molecule has 4 heteroatoms. The molecule has 0 amide bonds. The Kier molecular flexibility index (Phi) is 4.27. The predicted octanol–water partition coefficient (Wildman–Crippen LogP) is 2.25. The molecule has 4 nitrogen and oxygen atoms in total. The van der Waals surface area contributed by atoms with Crippen molar-refractivity contribution in [1.82, 2.24) is 20.2 Å². The maximum absolute atomic E-state index is 4.54. The molecular formula is C17H22N4. The van der Waals surface area contributed by atoms with Crippen LogP contribution in [-0.4, -0.2) is 40.5 Å². The Bertz CT molecular complexity index is 594. The van der Waals surface area contributed by atoms with Gasteiger partial charge in [-0.1, -0.05) is 24.3 Å². The minimum absolute atomic E-state index is 0.561. The SMILES string of the molecule is Cc1ccccc1-c1ncc(CN2CCN[C@H](C)C2)cn1. The average molecular weight is 282 g/mol. The van der Waals surface area contributed by atoms with Crippen LogP contribution in [0.2, 0.25) is 0 Å². The fraction of sp³-hybridized carbons (Fsp3) is 0.412. The van der Waals surface area contributed by atoms with Crippen LogP contribution in [0.3, 0.4) is 0 Å². The number of aromatic nitrogens is 2. The monoisotopic (exact) mass is 282 g/mol. The number of benzene rings is 1. The van der Waals surface area contributed by atoms with Crippen molar-refractivity contribution in [1.29, 1.82) is 0 Å². The summed E-state index contributed by atoms with van der Waals surface area (Å²) in [5.41, 5.74) is 3.50. The highest BCUT2D eigenvalue weighted by atomic mass is 15.2. The minimum Gasteiger partial charge on any atom is -0.312 e. The molecule has 0 unspecified atom stereocenters. The van der Waals surface area contributed by atoms with Crippen molar-refractivity contribution in [3.63, 3.8) is 0 Å². The Labute approximate surface area is 126 Å². The fourth-order valence-electron chi connectivity index (χ4n) is 2.81. The van der Waals surface area contributed by atoms with Gasteiger partial charge in [0.15, 0.2) is 5.82 Å². The lowest BCUT2D eigenvalue weighted by molar-refractivity contribution is 0.199. The molecule has 0 aliphatic carbocycles. The summed E-state index contributed by atoms with van der Waals surface area (Å²) in [6.45, 7) is 8.48. The quantitative estimate of drug-likeness (QED) is 0.937. The lowest BCUT2D eigenvalue weighted by atomic mass is 10.1. The lowest BCUT2D eigenvalue weighted by Gasteiger charge is -2.31. The second kappa shape index (κ2) is 6.33. The standard InChI is InChI=1S/C17H22N4/c1-13-5-3-4-6-16(13)17-19-9-15(10-20-17)12-21-8-7-18-14(2)11-21/h3-6,9-10,14,18H,7-8,11-12H2,1-2H3/t14-/m1/s1. The number of rotatable bonds is 3. The molecule has 3 rings (SSSR count). The number of piperazine rings is 1. The first-order valence-corrected chi connectivity index (χ1v) is 7.55. The van der Waals surface area contributed by atoms with Crippen molar-refractivity contribution < 1.29 is 0 Å². The first-order valence-electron chi connectivity index (χ1n) is 7.55. The van der Waals surface area contributed by atoms with Crippen LogP contribution in [0, 0.1) is 6.92 Å². The molecule has 2 heterocycles. The highest BCUT2D eigenvalue weighted by Crippen LogP contribution is 2.19. The molecule has 110 valence electrons. The smallest absolute Gasteiger partial charge is 0.159 e. The van der Waals surface area contributed by atoms with Gasteiger partial charge in [-0.15, -0.1) is 0 Å². The van der Waals surface area contributed by atoms with Crippen LogP contribution in [0.15, 0.2) is 36.7 Å². The summed E-state index contributed by atoms with van der Waals surface area (Å²) in [7, 11) is 0. The normalized spacial score (nSPS) is 19.6. The van der Waals surface area contributed by atoms with Gasteiger partial charge >= 0.3 is 0 Å². The van der Waals surface area contributed by atoms with E-state index in [0.29, 0.717) is 6.04 Å². The van der Waals surface area contributed by atoms with Gasteiger partial charge in [-0.2, -0.15) is 0 Å². The molecule has 1 atom stereocenters. The summed E-state index contributed by atoms with van der Waals surface area (Å²) in [5, 5.41) is 3.46. The summed E-state index contributed by atoms with van der Waals surface area (Å²) >= 11 is 0. The van der Waals surface area contributed by atoms with E-state index in [1.807, 2.05) is 24.5 Å². The summed E-state index contributed by atoms with van der Waals surface area (Å²) in [5.74, 6) is 0.811. The molecule has 21 heavy (non-hydrogen) atoms. The van der Waals surface area contributed by atoms with E-state index >= 15 is 0 Å². The van der Waals surface area contributed by atoms with Gasteiger partial charge in [0, 0.05) is 55.7 Å². The maximum atomic E-state index is 4.54. The van der Waals surface area contributed by atoms with Gasteiger partial charge in [-0.05, 0) is 19.4 Å². The third-order valence-corrected chi connectivity index (χ3v) is 3.95. The molecule has 1 aliphatic heterocycles. The molecule has 0 radical (unpaired) electrons.